The Bertz CT molecular complexity index is 977. The first-order chi connectivity index (χ1) is 16.6. The smallest absolute Gasteiger partial charge is 0.116 e. The number of rotatable bonds is 10. The fourth-order valence-corrected chi connectivity index (χ4v) is 4.55. The van der Waals surface area contributed by atoms with Crippen LogP contribution in [0, 0.1) is 0 Å². The molecule has 1 aliphatic rings. The van der Waals surface area contributed by atoms with Crippen molar-refractivity contribution < 1.29 is 24.1 Å². The maximum atomic E-state index is 11.4. The molecule has 0 aliphatic heterocycles. The normalized spacial score (nSPS) is 26.9. The van der Waals surface area contributed by atoms with Crippen molar-refractivity contribution in [2.45, 2.75) is 63.2 Å². The van der Waals surface area contributed by atoms with Crippen LogP contribution in [-0.2, 0) is 38.8 Å². The van der Waals surface area contributed by atoms with Gasteiger partial charge in [-0.25, -0.2) is 0 Å². The minimum Gasteiger partial charge on any atom is -0.387 e. The van der Waals surface area contributed by atoms with Gasteiger partial charge < -0.3 is 24.1 Å². The van der Waals surface area contributed by atoms with Gasteiger partial charge in [0, 0.05) is 13.5 Å². The lowest BCUT2D eigenvalue weighted by atomic mass is 9.77. The summed E-state index contributed by atoms with van der Waals surface area (Å²) in [5.41, 5.74) is 2.00. The molecule has 5 heteroatoms. The number of ether oxygens (including phenoxy) is 4. The Balaban J connectivity index is 1.58. The number of hydrogen-bond acceptors (Lipinski definition) is 5. The highest BCUT2D eigenvalue weighted by Gasteiger charge is 2.53. The zero-order chi connectivity index (χ0) is 23.8. The number of aliphatic hydroxyl groups is 1. The molecule has 1 N–H and O–H groups in total. The third-order valence-corrected chi connectivity index (χ3v) is 6.36. The van der Waals surface area contributed by atoms with Crippen LogP contribution in [0.4, 0.5) is 0 Å². The van der Waals surface area contributed by atoms with Crippen LogP contribution < -0.4 is 0 Å². The van der Waals surface area contributed by atoms with Gasteiger partial charge in [-0.3, -0.25) is 0 Å². The van der Waals surface area contributed by atoms with E-state index in [1.165, 1.54) is 0 Å². The molecule has 1 fully saturated rings. The van der Waals surface area contributed by atoms with E-state index in [0.717, 1.165) is 16.7 Å². The summed E-state index contributed by atoms with van der Waals surface area (Å²) in [7, 11) is 1.65. The molecule has 0 unspecified atom stereocenters. The molecule has 180 valence electrons. The molecule has 0 radical (unpaired) electrons. The molecule has 0 heterocycles. The van der Waals surface area contributed by atoms with Gasteiger partial charge >= 0.3 is 0 Å². The van der Waals surface area contributed by atoms with Gasteiger partial charge in [0.2, 0.25) is 0 Å². The molecule has 34 heavy (non-hydrogen) atoms. The van der Waals surface area contributed by atoms with E-state index in [0.29, 0.717) is 26.2 Å². The van der Waals surface area contributed by atoms with Crippen LogP contribution in [0.15, 0.2) is 91.0 Å². The maximum Gasteiger partial charge on any atom is 0.116 e. The topological polar surface area (TPSA) is 57.2 Å². The van der Waals surface area contributed by atoms with Crippen molar-refractivity contribution in [1.82, 2.24) is 0 Å². The van der Waals surface area contributed by atoms with E-state index < -0.39 is 23.9 Å². The molecule has 4 rings (SSSR count). The number of methoxy groups -OCH3 is 1. The number of hydrogen-bond donors (Lipinski definition) is 1. The van der Waals surface area contributed by atoms with Gasteiger partial charge in [0.15, 0.2) is 0 Å². The third kappa shape index (κ3) is 6.32. The predicted octanol–water partition coefficient (Wildman–Crippen LogP) is 4.91. The molecule has 3 aromatic carbocycles. The van der Waals surface area contributed by atoms with Crippen molar-refractivity contribution in [1.29, 1.82) is 0 Å². The van der Waals surface area contributed by atoms with Crippen molar-refractivity contribution in [2.75, 3.05) is 7.11 Å². The molecular weight excluding hydrogens is 428 g/mol. The highest BCUT2D eigenvalue weighted by molar-refractivity contribution is 5.16. The van der Waals surface area contributed by atoms with Crippen LogP contribution in [0.5, 0.6) is 0 Å². The summed E-state index contributed by atoms with van der Waals surface area (Å²) < 4.78 is 25.0. The lowest BCUT2D eigenvalue weighted by Crippen LogP contribution is -2.64. The summed E-state index contributed by atoms with van der Waals surface area (Å²) in [5, 5.41) is 11.4. The van der Waals surface area contributed by atoms with E-state index >= 15 is 0 Å². The second-order valence-electron chi connectivity index (χ2n) is 9.08. The molecule has 1 aliphatic carbocycles. The van der Waals surface area contributed by atoms with Crippen LogP contribution in [0.1, 0.15) is 30.0 Å². The second-order valence-corrected chi connectivity index (χ2v) is 9.08. The van der Waals surface area contributed by atoms with E-state index in [2.05, 4.69) is 0 Å². The van der Waals surface area contributed by atoms with Gasteiger partial charge in [0.1, 0.15) is 18.3 Å². The molecule has 0 saturated heterocycles. The molecule has 1 saturated carbocycles. The third-order valence-electron chi connectivity index (χ3n) is 6.36. The van der Waals surface area contributed by atoms with E-state index in [9.17, 15) is 5.11 Å². The zero-order valence-electron chi connectivity index (χ0n) is 19.9. The average Bonchev–Trinajstić information content (AvgIpc) is 2.87. The highest BCUT2D eigenvalue weighted by Crippen LogP contribution is 2.37. The molecule has 0 spiro atoms. The minimum absolute atomic E-state index is 0.337. The predicted molar refractivity (Wildman–Crippen MR) is 131 cm³/mol. The SMILES string of the molecule is CO[C@H]1C[C@@](C)(O)[C@@H](OCc2ccccc2)[C@H](OCc2ccccc2)[C@H]1OCc1ccccc1. The fraction of sp³-hybridized carbons (Fsp3) is 0.379. The number of benzene rings is 3. The molecule has 3 aromatic rings. The monoisotopic (exact) mass is 462 g/mol. The first-order valence-electron chi connectivity index (χ1n) is 11.8. The Morgan fingerprint density at radius 2 is 1.09 bits per heavy atom. The first kappa shape index (κ1) is 24.6. The van der Waals surface area contributed by atoms with Crippen molar-refractivity contribution in [2.24, 2.45) is 0 Å². The maximum absolute atomic E-state index is 11.4. The van der Waals surface area contributed by atoms with E-state index in [-0.39, 0.29) is 6.10 Å². The van der Waals surface area contributed by atoms with Crippen LogP contribution in [-0.4, -0.2) is 42.2 Å². The molecule has 0 bridgehead atoms. The summed E-state index contributed by atoms with van der Waals surface area (Å²) in [6.45, 7) is 2.97. The molecule has 0 aromatic heterocycles. The van der Waals surface area contributed by atoms with Crippen LogP contribution in [0.2, 0.25) is 0 Å². The Labute approximate surface area is 202 Å². The Morgan fingerprint density at radius 3 is 1.53 bits per heavy atom. The Morgan fingerprint density at radius 1 is 0.676 bits per heavy atom. The van der Waals surface area contributed by atoms with Crippen molar-refractivity contribution in [3.05, 3.63) is 108 Å². The van der Waals surface area contributed by atoms with Gasteiger partial charge in [-0.15, -0.1) is 0 Å². The van der Waals surface area contributed by atoms with Gasteiger partial charge in [0.05, 0.1) is 31.5 Å². The molecular formula is C29H34O5. The second kappa shape index (κ2) is 11.7. The fourth-order valence-electron chi connectivity index (χ4n) is 4.55. The van der Waals surface area contributed by atoms with Crippen LogP contribution >= 0.6 is 0 Å². The molecule has 5 atom stereocenters. The molecule has 5 nitrogen and oxygen atoms in total. The first-order valence-corrected chi connectivity index (χ1v) is 11.8. The summed E-state index contributed by atoms with van der Waals surface area (Å²) in [6, 6.07) is 30.0. The van der Waals surface area contributed by atoms with Gasteiger partial charge in [-0.2, -0.15) is 0 Å². The summed E-state index contributed by atoms with van der Waals surface area (Å²) in [5.74, 6) is 0. The van der Waals surface area contributed by atoms with Crippen LogP contribution in [0.25, 0.3) is 0 Å². The standard InChI is InChI=1S/C29H34O5/c1-29(30)18-25(31-2)26(32-19-22-12-6-3-7-13-22)27(33-20-23-14-8-4-9-15-23)28(29)34-21-24-16-10-5-11-17-24/h3-17,25-28,30H,18-21H2,1-2H3/t25-,26-,27+,28-,29+/m0/s1. The van der Waals surface area contributed by atoms with Gasteiger partial charge in [0.25, 0.3) is 0 Å². The van der Waals surface area contributed by atoms with Gasteiger partial charge in [-0.1, -0.05) is 91.0 Å². The Kier molecular flexibility index (Phi) is 8.48. The van der Waals surface area contributed by atoms with Gasteiger partial charge in [-0.05, 0) is 23.6 Å². The van der Waals surface area contributed by atoms with Crippen molar-refractivity contribution in [3.63, 3.8) is 0 Å². The summed E-state index contributed by atoms with van der Waals surface area (Å²) in [4.78, 5) is 0. The van der Waals surface area contributed by atoms with E-state index in [1.807, 2.05) is 91.0 Å². The average molecular weight is 463 g/mol. The largest absolute Gasteiger partial charge is 0.387 e. The van der Waals surface area contributed by atoms with E-state index in [4.69, 9.17) is 18.9 Å². The summed E-state index contributed by atoms with van der Waals surface area (Å²) >= 11 is 0. The minimum atomic E-state index is -1.15. The highest BCUT2D eigenvalue weighted by atomic mass is 16.6. The van der Waals surface area contributed by atoms with Crippen LogP contribution in [0.3, 0.4) is 0 Å². The lowest BCUT2D eigenvalue weighted by molar-refractivity contribution is -0.261. The summed E-state index contributed by atoms with van der Waals surface area (Å²) in [6.07, 6.45) is -1.48. The van der Waals surface area contributed by atoms with Crippen molar-refractivity contribution in [3.8, 4) is 0 Å². The quantitative estimate of drug-likeness (QED) is 0.464. The lowest BCUT2D eigenvalue weighted by Gasteiger charge is -2.48. The Hall–Kier alpha value is -2.54. The zero-order valence-corrected chi connectivity index (χ0v) is 19.9. The van der Waals surface area contributed by atoms with E-state index in [1.54, 1.807) is 14.0 Å². The molecule has 0 amide bonds. The van der Waals surface area contributed by atoms with Crippen molar-refractivity contribution >= 4 is 0 Å².